The van der Waals surface area contributed by atoms with Gasteiger partial charge in [-0.25, -0.2) is 4.79 Å². The van der Waals surface area contributed by atoms with Gasteiger partial charge in [-0.1, -0.05) is 0 Å². The fourth-order valence-corrected chi connectivity index (χ4v) is 2.85. The second-order valence-electron chi connectivity index (χ2n) is 6.43. The second-order valence-corrected chi connectivity index (χ2v) is 6.43. The number of hydrogen-bond acceptors (Lipinski definition) is 5. The number of nitrogens with one attached hydrogen (secondary N) is 1. The molecule has 24 heavy (non-hydrogen) atoms. The smallest absolute Gasteiger partial charge is 0.325 e. The summed E-state index contributed by atoms with van der Waals surface area (Å²) in [4.78, 5) is 43.2. The van der Waals surface area contributed by atoms with Gasteiger partial charge in [-0.15, -0.1) is 0 Å². The number of urea groups is 1. The normalized spacial score (nSPS) is 23.3. The summed E-state index contributed by atoms with van der Waals surface area (Å²) in [5, 5.41) is 2.57. The number of aromatic nitrogens is 1. The number of imide groups is 1. The van der Waals surface area contributed by atoms with Crippen LogP contribution < -0.4 is 5.32 Å². The number of ether oxygens (including phenoxy) is 1. The van der Waals surface area contributed by atoms with E-state index in [1.165, 1.54) is 0 Å². The van der Waals surface area contributed by atoms with Gasteiger partial charge in [-0.3, -0.25) is 19.5 Å². The molecule has 0 radical (unpaired) electrons. The number of carbonyl (C=O) groups excluding carboxylic acids is 3. The largest absolute Gasteiger partial charge is 0.370 e. The van der Waals surface area contributed by atoms with Crippen molar-refractivity contribution in [1.82, 2.24) is 20.1 Å². The maximum absolute atomic E-state index is 12.5. The summed E-state index contributed by atoms with van der Waals surface area (Å²) in [6, 6.07) is 3.16. The molecular weight excluding hydrogens is 312 g/mol. The van der Waals surface area contributed by atoms with Crippen molar-refractivity contribution in [1.29, 1.82) is 0 Å². The average Bonchev–Trinajstić information content (AvgIpc) is 2.77. The lowest BCUT2D eigenvalue weighted by Crippen LogP contribution is -2.48. The summed E-state index contributed by atoms with van der Waals surface area (Å²) in [5.74, 6) is -0.654. The van der Waals surface area contributed by atoms with Gasteiger partial charge in [-0.2, -0.15) is 0 Å². The molecule has 0 spiro atoms. The quantitative estimate of drug-likeness (QED) is 0.805. The van der Waals surface area contributed by atoms with Crippen LogP contribution in [-0.2, 0) is 14.3 Å². The third-order valence-electron chi connectivity index (χ3n) is 4.23. The van der Waals surface area contributed by atoms with Crippen LogP contribution in [0.15, 0.2) is 24.5 Å². The van der Waals surface area contributed by atoms with Crippen LogP contribution in [-0.4, -0.2) is 64.4 Å². The van der Waals surface area contributed by atoms with Crippen molar-refractivity contribution in [2.24, 2.45) is 0 Å². The van der Waals surface area contributed by atoms with E-state index in [0.29, 0.717) is 19.7 Å². The van der Waals surface area contributed by atoms with Crippen LogP contribution in [0, 0.1) is 0 Å². The number of amides is 4. The molecule has 2 saturated heterocycles. The molecule has 1 N–H and O–H groups in total. The SMILES string of the molecule is CC1(C)NC(=O)N(CC(=O)N2CCOC(c3ccncc3)C2)C1=O. The highest BCUT2D eigenvalue weighted by atomic mass is 16.5. The molecule has 8 nitrogen and oxygen atoms in total. The van der Waals surface area contributed by atoms with E-state index in [4.69, 9.17) is 4.74 Å². The number of carbonyl (C=O) groups is 3. The minimum Gasteiger partial charge on any atom is -0.370 e. The Labute approximate surface area is 139 Å². The van der Waals surface area contributed by atoms with Crippen LogP contribution in [0.2, 0.25) is 0 Å². The van der Waals surface area contributed by atoms with Gasteiger partial charge in [0.05, 0.1) is 13.2 Å². The Hall–Kier alpha value is -2.48. The van der Waals surface area contributed by atoms with Gasteiger partial charge < -0.3 is 15.0 Å². The van der Waals surface area contributed by atoms with Gasteiger partial charge in [0.25, 0.3) is 5.91 Å². The Balaban J connectivity index is 1.65. The van der Waals surface area contributed by atoms with E-state index in [2.05, 4.69) is 10.3 Å². The van der Waals surface area contributed by atoms with Crippen molar-refractivity contribution in [3.8, 4) is 0 Å². The van der Waals surface area contributed by atoms with Crippen molar-refractivity contribution in [3.05, 3.63) is 30.1 Å². The van der Waals surface area contributed by atoms with E-state index >= 15 is 0 Å². The summed E-state index contributed by atoms with van der Waals surface area (Å²) in [7, 11) is 0. The van der Waals surface area contributed by atoms with Crippen molar-refractivity contribution in [2.45, 2.75) is 25.5 Å². The number of rotatable bonds is 3. The minimum atomic E-state index is -0.970. The lowest BCUT2D eigenvalue weighted by Gasteiger charge is -2.33. The van der Waals surface area contributed by atoms with Crippen LogP contribution in [0.25, 0.3) is 0 Å². The van der Waals surface area contributed by atoms with Crippen LogP contribution in [0.1, 0.15) is 25.5 Å². The van der Waals surface area contributed by atoms with Gasteiger partial charge in [0.2, 0.25) is 5.91 Å². The van der Waals surface area contributed by atoms with Crippen LogP contribution >= 0.6 is 0 Å². The molecule has 2 aliphatic rings. The lowest BCUT2D eigenvalue weighted by molar-refractivity contribution is -0.143. The highest BCUT2D eigenvalue weighted by molar-refractivity contribution is 6.08. The van der Waals surface area contributed by atoms with Crippen molar-refractivity contribution in [2.75, 3.05) is 26.2 Å². The molecule has 8 heteroatoms. The highest BCUT2D eigenvalue weighted by Crippen LogP contribution is 2.22. The molecule has 1 unspecified atom stereocenters. The third-order valence-corrected chi connectivity index (χ3v) is 4.23. The van der Waals surface area contributed by atoms with Gasteiger partial charge in [-0.05, 0) is 31.5 Å². The fourth-order valence-electron chi connectivity index (χ4n) is 2.85. The molecule has 0 aliphatic carbocycles. The number of pyridine rings is 1. The summed E-state index contributed by atoms with van der Waals surface area (Å²) >= 11 is 0. The van der Waals surface area contributed by atoms with Gasteiger partial charge in [0.1, 0.15) is 18.2 Å². The van der Waals surface area contributed by atoms with Crippen molar-refractivity contribution < 1.29 is 19.1 Å². The summed E-state index contributed by atoms with van der Waals surface area (Å²) in [5.41, 5.74) is -0.0271. The third kappa shape index (κ3) is 3.09. The summed E-state index contributed by atoms with van der Waals surface area (Å²) in [6.45, 7) is 4.21. The lowest BCUT2D eigenvalue weighted by atomic mass is 10.1. The molecule has 3 rings (SSSR count). The Morgan fingerprint density at radius 1 is 1.38 bits per heavy atom. The van der Waals surface area contributed by atoms with Gasteiger partial charge in [0, 0.05) is 18.9 Å². The monoisotopic (exact) mass is 332 g/mol. The van der Waals surface area contributed by atoms with E-state index in [1.54, 1.807) is 31.1 Å². The van der Waals surface area contributed by atoms with E-state index in [9.17, 15) is 14.4 Å². The first kappa shape index (κ1) is 16.4. The Morgan fingerprint density at radius 3 is 2.71 bits per heavy atom. The first-order valence-electron chi connectivity index (χ1n) is 7.82. The highest BCUT2D eigenvalue weighted by Gasteiger charge is 2.45. The minimum absolute atomic E-state index is 0.231. The van der Waals surface area contributed by atoms with E-state index < -0.39 is 11.6 Å². The molecule has 0 saturated carbocycles. The van der Waals surface area contributed by atoms with Crippen LogP contribution in [0.5, 0.6) is 0 Å². The van der Waals surface area contributed by atoms with Crippen LogP contribution in [0.3, 0.4) is 0 Å². The zero-order valence-electron chi connectivity index (χ0n) is 13.7. The molecule has 1 aromatic heterocycles. The molecule has 2 fully saturated rings. The maximum atomic E-state index is 12.5. The maximum Gasteiger partial charge on any atom is 0.325 e. The van der Waals surface area contributed by atoms with E-state index in [0.717, 1.165) is 10.5 Å². The predicted octanol–water partition coefficient (Wildman–Crippen LogP) is 0.312. The van der Waals surface area contributed by atoms with Crippen molar-refractivity contribution in [3.63, 3.8) is 0 Å². The fraction of sp³-hybridized carbons (Fsp3) is 0.500. The predicted molar refractivity (Wildman–Crippen MR) is 83.8 cm³/mol. The zero-order chi connectivity index (χ0) is 17.3. The Bertz CT molecular complexity index is 661. The molecule has 0 bridgehead atoms. The first-order valence-corrected chi connectivity index (χ1v) is 7.82. The Morgan fingerprint density at radius 2 is 2.08 bits per heavy atom. The number of nitrogens with zero attached hydrogens (tertiary/aromatic N) is 3. The number of morpholine rings is 1. The topological polar surface area (TPSA) is 91.8 Å². The second kappa shape index (κ2) is 6.20. The molecule has 2 aliphatic heterocycles. The standard InChI is InChI=1S/C16H20N4O4/c1-16(2)14(22)20(15(23)18-16)10-13(21)19-7-8-24-12(9-19)11-3-5-17-6-4-11/h3-6,12H,7-10H2,1-2H3,(H,18,23). The summed E-state index contributed by atoms with van der Waals surface area (Å²) < 4.78 is 5.71. The number of hydrogen-bond donors (Lipinski definition) is 1. The zero-order valence-corrected chi connectivity index (χ0v) is 13.7. The molecule has 4 amide bonds. The van der Waals surface area contributed by atoms with E-state index in [1.807, 2.05) is 12.1 Å². The molecule has 128 valence electrons. The first-order chi connectivity index (χ1) is 11.4. The molecular formula is C16H20N4O4. The average molecular weight is 332 g/mol. The van der Waals surface area contributed by atoms with Crippen LogP contribution in [0.4, 0.5) is 4.79 Å². The van der Waals surface area contributed by atoms with E-state index in [-0.39, 0.29) is 24.5 Å². The molecule has 1 atom stereocenters. The summed E-state index contributed by atoms with van der Waals surface area (Å²) in [6.07, 6.45) is 3.12. The molecule has 0 aromatic carbocycles. The molecule has 3 heterocycles. The van der Waals surface area contributed by atoms with Gasteiger partial charge in [0.15, 0.2) is 0 Å². The van der Waals surface area contributed by atoms with Gasteiger partial charge >= 0.3 is 6.03 Å². The Kier molecular flexibility index (Phi) is 4.23. The molecule has 1 aromatic rings. The van der Waals surface area contributed by atoms with Crippen molar-refractivity contribution >= 4 is 17.8 Å².